The number of nitrogens with zero attached hydrogens (tertiary/aromatic N) is 1. The van der Waals surface area contributed by atoms with Crippen molar-refractivity contribution in [1.82, 2.24) is 9.62 Å². The second-order valence-corrected chi connectivity index (χ2v) is 10.9. The fourth-order valence-electron chi connectivity index (χ4n) is 3.88. The molecule has 5 nitrogen and oxygen atoms in total. The lowest BCUT2D eigenvalue weighted by Crippen LogP contribution is -2.49. The highest BCUT2D eigenvalue weighted by Crippen LogP contribution is 2.29. The minimum absolute atomic E-state index is 0.0287. The molecule has 1 aromatic heterocycles. The number of carbonyl (C=O) groups is 1. The molecule has 1 aliphatic heterocycles. The SMILES string of the molecule is Cc1ccc(S(=O)(=O)N2CCCC(C(=O)NC3CCCCC3C)C2)s1. The topological polar surface area (TPSA) is 66.5 Å². The molecule has 1 aromatic rings. The molecule has 0 spiro atoms. The summed E-state index contributed by atoms with van der Waals surface area (Å²) in [5.74, 6) is 0.301. The highest BCUT2D eigenvalue weighted by molar-refractivity contribution is 7.91. The molecule has 1 N–H and O–H groups in total. The number of rotatable bonds is 4. The number of nitrogens with one attached hydrogen (secondary N) is 1. The zero-order valence-electron chi connectivity index (χ0n) is 15.0. The third-order valence-electron chi connectivity index (χ3n) is 5.50. The van der Waals surface area contributed by atoms with Crippen LogP contribution in [0.25, 0.3) is 0 Å². The first-order chi connectivity index (χ1) is 11.9. The van der Waals surface area contributed by atoms with Crippen LogP contribution >= 0.6 is 11.3 Å². The number of sulfonamides is 1. The van der Waals surface area contributed by atoms with Crippen molar-refractivity contribution in [2.75, 3.05) is 13.1 Å². The number of carbonyl (C=O) groups excluding carboxylic acids is 1. The molecule has 0 bridgehead atoms. The van der Waals surface area contributed by atoms with Crippen molar-refractivity contribution in [3.05, 3.63) is 17.0 Å². The van der Waals surface area contributed by atoms with E-state index in [-0.39, 0.29) is 17.9 Å². The molecule has 25 heavy (non-hydrogen) atoms. The van der Waals surface area contributed by atoms with Gasteiger partial charge >= 0.3 is 0 Å². The van der Waals surface area contributed by atoms with E-state index in [4.69, 9.17) is 0 Å². The fourth-order valence-corrected chi connectivity index (χ4v) is 6.85. The van der Waals surface area contributed by atoms with E-state index in [9.17, 15) is 13.2 Å². The fraction of sp³-hybridized carbons (Fsp3) is 0.722. The molecule has 2 aliphatic rings. The molecule has 0 aromatic carbocycles. The smallest absolute Gasteiger partial charge is 0.252 e. The van der Waals surface area contributed by atoms with Crippen molar-refractivity contribution in [2.45, 2.75) is 62.6 Å². The Morgan fingerprint density at radius 2 is 1.96 bits per heavy atom. The van der Waals surface area contributed by atoms with E-state index in [1.807, 2.05) is 13.0 Å². The summed E-state index contributed by atoms with van der Waals surface area (Å²) in [5.41, 5.74) is 0. The van der Waals surface area contributed by atoms with Gasteiger partial charge in [0.25, 0.3) is 10.0 Å². The van der Waals surface area contributed by atoms with Gasteiger partial charge in [-0.05, 0) is 50.7 Å². The van der Waals surface area contributed by atoms with E-state index < -0.39 is 10.0 Å². The van der Waals surface area contributed by atoms with E-state index in [1.165, 1.54) is 22.1 Å². The van der Waals surface area contributed by atoms with Gasteiger partial charge in [-0.15, -0.1) is 11.3 Å². The van der Waals surface area contributed by atoms with Gasteiger partial charge in [-0.1, -0.05) is 19.8 Å². The highest BCUT2D eigenvalue weighted by atomic mass is 32.2. The van der Waals surface area contributed by atoms with Crippen LogP contribution in [0.15, 0.2) is 16.3 Å². The third-order valence-corrected chi connectivity index (χ3v) is 8.84. The molecule has 7 heteroatoms. The molecular formula is C18H28N2O3S2. The molecule has 1 amide bonds. The molecular weight excluding hydrogens is 356 g/mol. The molecule has 1 saturated heterocycles. The lowest BCUT2D eigenvalue weighted by molar-refractivity contribution is -0.127. The Balaban J connectivity index is 1.65. The van der Waals surface area contributed by atoms with E-state index in [2.05, 4.69) is 12.2 Å². The highest BCUT2D eigenvalue weighted by Gasteiger charge is 2.35. The average Bonchev–Trinajstić information content (AvgIpc) is 3.04. The lowest BCUT2D eigenvalue weighted by atomic mass is 9.85. The van der Waals surface area contributed by atoms with Crippen molar-refractivity contribution >= 4 is 27.3 Å². The van der Waals surface area contributed by atoms with Gasteiger partial charge in [-0.2, -0.15) is 4.31 Å². The summed E-state index contributed by atoms with van der Waals surface area (Å²) in [6.45, 7) is 4.90. The Hall–Kier alpha value is -0.920. The van der Waals surface area contributed by atoms with E-state index >= 15 is 0 Å². The summed E-state index contributed by atoms with van der Waals surface area (Å²) in [6, 6.07) is 3.74. The van der Waals surface area contributed by atoms with Gasteiger partial charge in [0.1, 0.15) is 4.21 Å². The number of hydrogen-bond acceptors (Lipinski definition) is 4. The van der Waals surface area contributed by atoms with Crippen LogP contribution in [0, 0.1) is 18.8 Å². The van der Waals surface area contributed by atoms with Crippen molar-refractivity contribution < 1.29 is 13.2 Å². The summed E-state index contributed by atoms with van der Waals surface area (Å²) in [7, 11) is -3.48. The van der Waals surface area contributed by atoms with Gasteiger partial charge in [0, 0.05) is 24.0 Å². The maximum atomic E-state index is 12.8. The minimum atomic E-state index is -3.48. The Morgan fingerprint density at radius 1 is 1.20 bits per heavy atom. The second kappa shape index (κ2) is 7.76. The van der Waals surface area contributed by atoms with Crippen LogP contribution < -0.4 is 5.32 Å². The number of amides is 1. The Morgan fingerprint density at radius 3 is 2.64 bits per heavy atom. The van der Waals surface area contributed by atoms with Crippen molar-refractivity contribution in [3.63, 3.8) is 0 Å². The Bertz CT molecular complexity index is 714. The van der Waals surface area contributed by atoms with Gasteiger partial charge in [0.15, 0.2) is 0 Å². The standard InChI is InChI=1S/C18H28N2O3S2/c1-13-6-3-4-8-16(13)19-18(21)15-7-5-11-20(12-15)25(22,23)17-10-9-14(2)24-17/h9-10,13,15-16H,3-8,11-12H2,1-2H3,(H,19,21). The summed E-state index contributed by atoms with van der Waals surface area (Å²) >= 11 is 1.30. The molecule has 2 heterocycles. The number of aryl methyl sites for hydroxylation is 1. The van der Waals surface area contributed by atoms with Crippen LogP contribution in [0.3, 0.4) is 0 Å². The molecule has 1 saturated carbocycles. The number of hydrogen-bond donors (Lipinski definition) is 1. The van der Waals surface area contributed by atoms with Gasteiger partial charge < -0.3 is 5.32 Å². The van der Waals surface area contributed by atoms with Crippen LogP contribution in [-0.2, 0) is 14.8 Å². The summed E-state index contributed by atoms with van der Waals surface area (Å²) in [6.07, 6.45) is 6.11. The molecule has 2 fully saturated rings. The van der Waals surface area contributed by atoms with Crippen molar-refractivity contribution in [1.29, 1.82) is 0 Å². The summed E-state index contributed by atoms with van der Waals surface area (Å²) in [4.78, 5) is 13.7. The average molecular weight is 385 g/mol. The van der Waals surface area contributed by atoms with Crippen LogP contribution in [0.5, 0.6) is 0 Å². The quantitative estimate of drug-likeness (QED) is 0.867. The van der Waals surface area contributed by atoms with Crippen molar-refractivity contribution in [2.24, 2.45) is 11.8 Å². The van der Waals surface area contributed by atoms with Crippen molar-refractivity contribution in [3.8, 4) is 0 Å². The monoisotopic (exact) mass is 384 g/mol. The molecule has 140 valence electrons. The molecule has 3 atom stereocenters. The predicted octanol–water partition coefficient (Wildman–Crippen LogP) is 3.15. The zero-order valence-corrected chi connectivity index (χ0v) is 16.7. The van der Waals surface area contributed by atoms with Gasteiger partial charge in [-0.3, -0.25) is 4.79 Å². The van der Waals surface area contributed by atoms with Gasteiger partial charge in [0.2, 0.25) is 5.91 Å². The first-order valence-electron chi connectivity index (χ1n) is 9.25. The lowest BCUT2D eigenvalue weighted by Gasteiger charge is -2.34. The van der Waals surface area contributed by atoms with Crippen LogP contribution in [0.1, 0.15) is 50.3 Å². The largest absolute Gasteiger partial charge is 0.353 e. The third kappa shape index (κ3) is 4.26. The van der Waals surface area contributed by atoms with E-state index in [1.54, 1.807) is 6.07 Å². The van der Waals surface area contributed by atoms with Gasteiger partial charge in [-0.25, -0.2) is 8.42 Å². The first-order valence-corrected chi connectivity index (χ1v) is 11.5. The molecule has 0 radical (unpaired) electrons. The normalized spacial score (nSPS) is 28.6. The van der Waals surface area contributed by atoms with Crippen LogP contribution in [0.2, 0.25) is 0 Å². The summed E-state index contributed by atoms with van der Waals surface area (Å²) in [5, 5.41) is 3.20. The maximum absolute atomic E-state index is 12.8. The Labute approximate surface area is 154 Å². The zero-order chi connectivity index (χ0) is 18.0. The molecule has 3 unspecified atom stereocenters. The Kier molecular flexibility index (Phi) is 5.85. The van der Waals surface area contributed by atoms with E-state index in [0.29, 0.717) is 23.2 Å². The van der Waals surface area contributed by atoms with E-state index in [0.717, 1.165) is 37.0 Å². The number of thiophene rings is 1. The first kappa shape index (κ1) is 18.9. The second-order valence-electron chi connectivity index (χ2n) is 7.44. The molecule has 3 rings (SSSR count). The minimum Gasteiger partial charge on any atom is -0.353 e. The van der Waals surface area contributed by atoms with Crippen LogP contribution in [-0.4, -0.2) is 37.8 Å². The maximum Gasteiger partial charge on any atom is 0.252 e. The summed E-state index contributed by atoms with van der Waals surface area (Å²) < 4.78 is 27.5. The molecule has 1 aliphatic carbocycles. The number of piperidine rings is 1. The predicted molar refractivity (Wildman–Crippen MR) is 100 cm³/mol. The van der Waals surface area contributed by atoms with Gasteiger partial charge in [0.05, 0.1) is 5.92 Å². The van der Waals surface area contributed by atoms with Crippen LogP contribution in [0.4, 0.5) is 0 Å².